The molecule has 2 amide bonds. The molecule has 1 aliphatic heterocycles. The van der Waals surface area contributed by atoms with Gasteiger partial charge in [0.1, 0.15) is 6.10 Å². The number of hydrogen-bond donors (Lipinski definition) is 2. The van der Waals surface area contributed by atoms with Crippen molar-refractivity contribution in [1.29, 1.82) is 0 Å². The van der Waals surface area contributed by atoms with Crippen LogP contribution in [0, 0.1) is 0 Å². The van der Waals surface area contributed by atoms with Gasteiger partial charge in [0.15, 0.2) is 0 Å². The molecule has 104 valence electrons. The molecule has 6 nitrogen and oxygen atoms in total. The molecule has 0 aliphatic carbocycles. The van der Waals surface area contributed by atoms with Gasteiger partial charge in [0.25, 0.3) is 5.91 Å². The maximum atomic E-state index is 12.2. The highest BCUT2D eigenvalue weighted by Crippen LogP contribution is 2.20. The van der Waals surface area contributed by atoms with E-state index in [0.717, 1.165) is 19.3 Å². The molecule has 6 heteroatoms. The van der Waals surface area contributed by atoms with Gasteiger partial charge < -0.3 is 21.1 Å². The van der Waals surface area contributed by atoms with Gasteiger partial charge in [-0.25, -0.2) is 0 Å². The highest BCUT2D eigenvalue weighted by atomic mass is 16.5. The number of primary amides is 1. The topological polar surface area (TPSA) is 98.7 Å². The number of hydrogen-bond acceptors (Lipinski definition) is 4. The Hall–Kier alpha value is -1.14. The van der Waals surface area contributed by atoms with Gasteiger partial charge in [-0.3, -0.25) is 9.59 Å². The predicted molar refractivity (Wildman–Crippen MR) is 67.6 cm³/mol. The summed E-state index contributed by atoms with van der Waals surface area (Å²) in [7, 11) is 0. The zero-order valence-electron chi connectivity index (χ0n) is 10.9. The van der Waals surface area contributed by atoms with Gasteiger partial charge in [-0.05, 0) is 19.3 Å². The van der Waals surface area contributed by atoms with E-state index in [1.165, 1.54) is 4.90 Å². The molecule has 0 spiro atoms. The van der Waals surface area contributed by atoms with Crippen LogP contribution >= 0.6 is 0 Å². The highest BCUT2D eigenvalue weighted by Gasteiger charge is 2.33. The molecular weight excluding hydrogens is 234 g/mol. The lowest BCUT2D eigenvalue weighted by molar-refractivity contribution is -0.145. The Balaban J connectivity index is 2.55. The maximum absolute atomic E-state index is 12.2. The van der Waals surface area contributed by atoms with Gasteiger partial charge in [-0.1, -0.05) is 13.3 Å². The van der Waals surface area contributed by atoms with Crippen LogP contribution in [0.5, 0.6) is 0 Å². The summed E-state index contributed by atoms with van der Waals surface area (Å²) in [5.74, 6) is -0.633. The highest BCUT2D eigenvalue weighted by molar-refractivity contribution is 5.86. The van der Waals surface area contributed by atoms with Gasteiger partial charge in [-0.15, -0.1) is 0 Å². The summed E-state index contributed by atoms with van der Waals surface area (Å²) in [6, 6.07) is 0. The van der Waals surface area contributed by atoms with Crippen LogP contribution in [0.1, 0.15) is 32.6 Å². The van der Waals surface area contributed by atoms with Crippen molar-refractivity contribution in [2.45, 2.75) is 44.8 Å². The second kappa shape index (κ2) is 7.33. The first-order chi connectivity index (χ1) is 8.58. The predicted octanol–water partition coefficient (Wildman–Crippen LogP) is -0.393. The van der Waals surface area contributed by atoms with E-state index in [4.69, 9.17) is 16.2 Å². The first-order valence-corrected chi connectivity index (χ1v) is 6.51. The van der Waals surface area contributed by atoms with E-state index in [0.29, 0.717) is 19.5 Å². The summed E-state index contributed by atoms with van der Waals surface area (Å²) in [5.41, 5.74) is 10.7. The van der Waals surface area contributed by atoms with Crippen LogP contribution in [-0.4, -0.2) is 48.6 Å². The number of carbonyl (C=O) groups excluding carboxylic acids is 2. The number of carbonyl (C=O) groups is 2. The fourth-order valence-electron chi connectivity index (χ4n) is 2.07. The van der Waals surface area contributed by atoms with Crippen LogP contribution in [0.4, 0.5) is 0 Å². The number of rotatable bonds is 7. The molecule has 2 atom stereocenters. The molecule has 0 bridgehead atoms. The van der Waals surface area contributed by atoms with E-state index in [1.807, 2.05) is 6.92 Å². The molecule has 1 rings (SSSR count). The quantitative estimate of drug-likeness (QED) is 0.648. The Morgan fingerprint density at radius 1 is 1.39 bits per heavy atom. The first-order valence-electron chi connectivity index (χ1n) is 6.51. The van der Waals surface area contributed by atoms with E-state index in [9.17, 15) is 9.59 Å². The van der Waals surface area contributed by atoms with Crippen molar-refractivity contribution in [1.82, 2.24) is 4.90 Å². The first kappa shape index (κ1) is 14.9. The Bertz CT molecular complexity index is 296. The third-order valence-electron chi connectivity index (χ3n) is 3.09. The molecule has 1 heterocycles. The maximum Gasteiger partial charge on any atom is 0.252 e. The van der Waals surface area contributed by atoms with Crippen molar-refractivity contribution in [3.63, 3.8) is 0 Å². The lowest BCUT2D eigenvalue weighted by Gasteiger charge is -2.24. The third kappa shape index (κ3) is 4.27. The van der Waals surface area contributed by atoms with Crippen LogP contribution in [0.2, 0.25) is 0 Å². The van der Waals surface area contributed by atoms with E-state index in [1.54, 1.807) is 0 Å². The van der Waals surface area contributed by atoms with Gasteiger partial charge in [-0.2, -0.15) is 0 Å². The fraction of sp³-hybridized carbons (Fsp3) is 0.833. The molecule has 0 aromatic rings. The minimum atomic E-state index is -0.493. The normalized spacial score (nSPS) is 23.0. The summed E-state index contributed by atoms with van der Waals surface area (Å²) in [4.78, 5) is 24.7. The van der Waals surface area contributed by atoms with Gasteiger partial charge in [0.2, 0.25) is 5.91 Å². The zero-order valence-corrected chi connectivity index (χ0v) is 10.9. The minimum Gasteiger partial charge on any atom is -0.368 e. The molecule has 1 saturated heterocycles. The van der Waals surface area contributed by atoms with E-state index < -0.39 is 12.0 Å². The Morgan fingerprint density at radius 2 is 2.11 bits per heavy atom. The minimum absolute atomic E-state index is 0.0357. The van der Waals surface area contributed by atoms with Crippen LogP contribution in [-0.2, 0) is 14.3 Å². The lowest BCUT2D eigenvalue weighted by Crippen LogP contribution is -2.44. The molecule has 18 heavy (non-hydrogen) atoms. The van der Waals surface area contributed by atoms with Crippen LogP contribution in [0.15, 0.2) is 0 Å². The van der Waals surface area contributed by atoms with Crippen molar-refractivity contribution >= 4 is 11.8 Å². The number of nitrogens with zero attached hydrogens (tertiary/aromatic N) is 1. The Morgan fingerprint density at radius 3 is 2.61 bits per heavy atom. The second-order valence-corrected chi connectivity index (χ2v) is 4.64. The van der Waals surface area contributed by atoms with E-state index >= 15 is 0 Å². The fourth-order valence-corrected chi connectivity index (χ4v) is 2.07. The third-order valence-corrected chi connectivity index (χ3v) is 3.09. The molecule has 0 aromatic carbocycles. The van der Waals surface area contributed by atoms with Crippen molar-refractivity contribution in [3.8, 4) is 0 Å². The number of ether oxygens (including phenoxy) is 1. The van der Waals surface area contributed by atoms with Crippen molar-refractivity contribution < 1.29 is 14.3 Å². The van der Waals surface area contributed by atoms with E-state index in [-0.39, 0.29) is 18.6 Å². The average molecular weight is 257 g/mol. The monoisotopic (exact) mass is 257 g/mol. The average Bonchev–Trinajstić information content (AvgIpc) is 2.81. The molecule has 1 fully saturated rings. The summed E-state index contributed by atoms with van der Waals surface area (Å²) in [5, 5.41) is 0. The van der Waals surface area contributed by atoms with Crippen molar-refractivity contribution in [2.75, 3.05) is 19.6 Å². The summed E-state index contributed by atoms with van der Waals surface area (Å²) < 4.78 is 5.55. The summed E-state index contributed by atoms with van der Waals surface area (Å²) >= 11 is 0. The molecule has 0 aromatic heterocycles. The molecule has 0 saturated carbocycles. The Labute approximate surface area is 108 Å². The molecule has 1 aliphatic rings. The van der Waals surface area contributed by atoms with Crippen LogP contribution < -0.4 is 11.5 Å². The van der Waals surface area contributed by atoms with Crippen molar-refractivity contribution in [2.24, 2.45) is 11.5 Å². The van der Waals surface area contributed by atoms with Gasteiger partial charge in [0.05, 0.1) is 12.6 Å². The second-order valence-electron chi connectivity index (χ2n) is 4.64. The molecule has 4 N–H and O–H groups in total. The lowest BCUT2D eigenvalue weighted by atomic mass is 10.1. The van der Waals surface area contributed by atoms with E-state index in [2.05, 4.69) is 0 Å². The smallest absolute Gasteiger partial charge is 0.252 e. The van der Waals surface area contributed by atoms with Crippen molar-refractivity contribution in [3.05, 3.63) is 0 Å². The summed E-state index contributed by atoms with van der Waals surface area (Å²) in [6.45, 7) is 2.97. The SMILES string of the molecule is CCCCN(CC(N)=O)C(=O)[C@@H]1CC[C@H](CN)O1. The van der Waals surface area contributed by atoms with Gasteiger partial charge in [0, 0.05) is 13.1 Å². The number of nitrogens with two attached hydrogens (primary N) is 2. The largest absolute Gasteiger partial charge is 0.368 e. The van der Waals surface area contributed by atoms with Crippen LogP contribution in [0.25, 0.3) is 0 Å². The Kier molecular flexibility index (Phi) is 6.07. The van der Waals surface area contributed by atoms with Gasteiger partial charge >= 0.3 is 0 Å². The number of unbranched alkanes of at least 4 members (excludes halogenated alkanes) is 1. The zero-order chi connectivity index (χ0) is 13.5. The number of amides is 2. The summed E-state index contributed by atoms with van der Waals surface area (Å²) in [6.07, 6.45) is 2.77. The molecular formula is C12H23N3O3. The van der Waals surface area contributed by atoms with Crippen LogP contribution in [0.3, 0.4) is 0 Å². The standard InChI is InChI=1S/C12H23N3O3/c1-2-3-6-15(8-11(14)16)12(17)10-5-4-9(7-13)18-10/h9-10H,2-8,13H2,1H3,(H2,14,16)/t9-,10+/m1/s1. The molecule has 0 unspecified atom stereocenters. The molecule has 0 radical (unpaired) electrons.